The molecule has 0 atom stereocenters. The number of carbonyl (C=O) groups excluding carboxylic acids is 2. The van der Waals surface area contributed by atoms with E-state index in [1.54, 1.807) is 24.3 Å². The van der Waals surface area contributed by atoms with Crippen molar-refractivity contribution in [3.05, 3.63) is 34.9 Å². The first-order chi connectivity index (χ1) is 9.56. The molecule has 5 heteroatoms. The van der Waals surface area contributed by atoms with Crippen LogP contribution in [0.5, 0.6) is 0 Å². The van der Waals surface area contributed by atoms with E-state index in [1.807, 2.05) is 11.9 Å². The minimum Gasteiger partial charge on any atom is -0.340 e. The number of nitrogens with zero attached hydrogens (tertiary/aromatic N) is 2. The molecule has 0 bridgehead atoms. The minimum absolute atomic E-state index is 0.0101. The standard InChI is InChI=1S/C15H19ClN2O2/c1-17-8-10-18(11-9-17)15(20)7-6-14(19)12-2-4-13(16)5-3-12/h2-5H,6-11H2,1H3. The third kappa shape index (κ3) is 4.05. The molecule has 1 heterocycles. The number of halogens is 1. The van der Waals surface area contributed by atoms with Crippen molar-refractivity contribution in [2.45, 2.75) is 12.8 Å². The number of benzene rings is 1. The molecule has 1 aromatic rings. The van der Waals surface area contributed by atoms with Crippen LogP contribution < -0.4 is 0 Å². The van der Waals surface area contributed by atoms with Gasteiger partial charge in [0.2, 0.25) is 5.91 Å². The van der Waals surface area contributed by atoms with Gasteiger partial charge in [-0.05, 0) is 31.3 Å². The smallest absolute Gasteiger partial charge is 0.223 e. The second kappa shape index (κ2) is 6.86. The fraction of sp³-hybridized carbons (Fsp3) is 0.467. The van der Waals surface area contributed by atoms with Crippen molar-refractivity contribution in [2.75, 3.05) is 33.2 Å². The maximum atomic E-state index is 12.0. The predicted octanol–water partition coefficient (Wildman–Crippen LogP) is 2.08. The second-order valence-corrected chi connectivity index (χ2v) is 5.55. The first-order valence-corrected chi connectivity index (χ1v) is 7.19. The van der Waals surface area contributed by atoms with Gasteiger partial charge >= 0.3 is 0 Å². The van der Waals surface area contributed by atoms with Crippen molar-refractivity contribution in [2.24, 2.45) is 0 Å². The van der Waals surface area contributed by atoms with Gasteiger partial charge < -0.3 is 9.80 Å². The molecule has 4 nitrogen and oxygen atoms in total. The number of Topliss-reactive ketones (excluding diaryl/α,β-unsaturated/α-hetero) is 1. The Balaban J connectivity index is 1.81. The molecule has 2 rings (SSSR count). The summed E-state index contributed by atoms with van der Waals surface area (Å²) in [5.74, 6) is 0.0598. The Morgan fingerprint density at radius 1 is 1.05 bits per heavy atom. The summed E-state index contributed by atoms with van der Waals surface area (Å²) in [4.78, 5) is 28.0. The van der Waals surface area contributed by atoms with E-state index in [4.69, 9.17) is 11.6 Å². The number of hydrogen-bond acceptors (Lipinski definition) is 3. The lowest BCUT2D eigenvalue weighted by atomic mass is 10.1. The summed E-state index contributed by atoms with van der Waals surface area (Å²) >= 11 is 5.78. The second-order valence-electron chi connectivity index (χ2n) is 5.11. The third-order valence-corrected chi connectivity index (χ3v) is 3.84. The highest BCUT2D eigenvalue weighted by Crippen LogP contribution is 2.12. The topological polar surface area (TPSA) is 40.6 Å². The van der Waals surface area contributed by atoms with Crippen LogP contribution in [0.25, 0.3) is 0 Å². The summed E-state index contributed by atoms with van der Waals surface area (Å²) in [6.07, 6.45) is 0.540. The summed E-state index contributed by atoms with van der Waals surface area (Å²) < 4.78 is 0. The van der Waals surface area contributed by atoms with Crippen LogP contribution in [0.3, 0.4) is 0 Å². The van der Waals surface area contributed by atoms with E-state index in [2.05, 4.69) is 4.90 Å². The van der Waals surface area contributed by atoms with Gasteiger partial charge in [0.1, 0.15) is 0 Å². The van der Waals surface area contributed by atoms with Gasteiger partial charge in [-0.15, -0.1) is 0 Å². The number of piperazine rings is 1. The first kappa shape index (κ1) is 15.0. The van der Waals surface area contributed by atoms with Gasteiger partial charge in [0, 0.05) is 49.6 Å². The number of ketones is 1. The minimum atomic E-state index is -0.0101. The largest absolute Gasteiger partial charge is 0.340 e. The average molecular weight is 295 g/mol. The number of rotatable bonds is 4. The van der Waals surface area contributed by atoms with Crippen LogP contribution in [-0.2, 0) is 4.79 Å². The van der Waals surface area contributed by atoms with E-state index < -0.39 is 0 Å². The van der Waals surface area contributed by atoms with E-state index in [-0.39, 0.29) is 24.5 Å². The highest BCUT2D eigenvalue weighted by molar-refractivity contribution is 6.30. The van der Waals surface area contributed by atoms with Gasteiger partial charge in [-0.1, -0.05) is 11.6 Å². The molecule has 1 fully saturated rings. The molecule has 1 aromatic carbocycles. The van der Waals surface area contributed by atoms with Gasteiger partial charge in [0.05, 0.1) is 0 Å². The third-order valence-electron chi connectivity index (χ3n) is 3.59. The van der Waals surface area contributed by atoms with Crippen LogP contribution in [0, 0.1) is 0 Å². The maximum Gasteiger partial charge on any atom is 0.223 e. The van der Waals surface area contributed by atoms with Gasteiger partial charge in [0.25, 0.3) is 0 Å². The van der Waals surface area contributed by atoms with Gasteiger partial charge in [-0.3, -0.25) is 9.59 Å². The van der Waals surface area contributed by atoms with Crippen molar-refractivity contribution in [1.29, 1.82) is 0 Å². The molecule has 0 aromatic heterocycles. The number of amides is 1. The molecule has 1 saturated heterocycles. The highest BCUT2D eigenvalue weighted by atomic mass is 35.5. The molecule has 1 amide bonds. The van der Waals surface area contributed by atoms with Crippen LogP contribution in [0.4, 0.5) is 0 Å². The van der Waals surface area contributed by atoms with E-state index in [1.165, 1.54) is 0 Å². The normalized spacial score (nSPS) is 16.2. The fourth-order valence-electron chi connectivity index (χ4n) is 2.21. The maximum absolute atomic E-state index is 12.0. The Bertz CT molecular complexity index is 479. The van der Waals surface area contributed by atoms with E-state index in [0.717, 1.165) is 26.2 Å². The Labute approximate surface area is 124 Å². The van der Waals surface area contributed by atoms with E-state index in [0.29, 0.717) is 10.6 Å². The molecule has 20 heavy (non-hydrogen) atoms. The number of likely N-dealkylation sites (N-methyl/N-ethyl adjacent to an activating group) is 1. The molecule has 0 unspecified atom stereocenters. The van der Waals surface area contributed by atoms with Crippen molar-refractivity contribution in [3.63, 3.8) is 0 Å². The summed E-state index contributed by atoms with van der Waals surface area (Å²) in [7, 11) is 2.05. The van der Waals surface area contributed by atoms with Crippen molar-refractivity contribution >= 4 is 23.3 Å². The van der Waals surface area contributed by atoms with Gasteiger partial charge in [-0.25, -0.2) is 0 Å². The Morgan fingerprint density at radius 3 is 2.25 bits per heavy atom. The molecular weight excluding hydrogens is 276 g/mol. The molecule has 1 aliphatic rings. The SMILES string of the molecule is CN1CCN(C(=O)CCC(=O)c2ccc(Cl)cc2)CC1. The lowest BCUT2D eigenvalue weighted by Gasteiger charge is -2.32. The van der Waals surface area contributed by atoms with Crippen LogP contribution in [0.15, 0.2) is 24.3 Å². The molecule has 0 spiro atoms. The monoisotopic (exact) mass is 294 g/mol. The van der Waals surface area contributed by atoms with Crippen molar-refractivity contribution < 1.29 is 9.59 Å². The zero-order valence-corrected chi connectivity index (χ0v) is 12.4. The van der Waals surface area contributed by atoms with Crippen LogP contribution in [0.1, 0.15) is 23.2 Å². The predicted molar refractivity (Wildman–Crippen MR) is 79.1 cm³/mol. The fourth-order valence-corrected chi connectivity index (χ4v) is 2.34. The molecule has 0 radical (unpaired) electrons. The molecular formula is C15H19ClN2O2. The Morgan fingerprint density at radius 2 is 1.65 bits per heavy atom. The Hall–Kier alpha value is -1.39. The van der Waals surface area contributed by atoms with Crippen LogP contribution in [0.2, 0.25) is 5.02 Å². The zero-order chi connectivity index (χ0) is 14.5. The first-order valence-electron chi connectivity index (χ1n) is 6.81. The van der Waals surface area contributed by atoms with Gasteiger partial charge in [-0.2, -0.15) is 0 Å². The summed E-state index contributed by atoms with van der Waals surface area (Å²) in [6, 6.07) is 6.78. The molecule has 108 valence electrons. The van der Waals surface area contributed by atoms with Gasteiger partial charge in [0.15, 0.2) is 5.78 Å². The lowest BCUT2D eigenvalue weighted by Crippen LogP contribution is -2.47. The van der Waals surface area contributed by atoms with E-state index in [9.17, 15) is 9.59 Å². The number of hydrogen-bond donors (Lipinski definition) is 0. The van der Waals surface area contributed by atoms with Crippen molar-refractivity contribution in [3.8, 4) is 0 Å². The molecule has 0 N–H and O–H groups in total. The van der Waals surface area contributed by atoms with Crippen LogP contribution in [-0.4, -0.2) is 54.7 Å². The quantitative estimate of drug-likeness (QED) is 0.798. The Kier molecular flexibility index (Phi) is 5.15. The van der Waals surface area contributed by atoms with E-state index >= 15 is 0 Å². The van der Waals surface area contributed by atoms with Crippen molar-refractivity contribution in [1.82, 2.24) is 9.80 Å². The zero-order valence-electron chi connectivity index (χ0n) is 11.6. The average Bonchev–Trinajstić information content (AvgIpc) is 2.46. The summed E-state index contributed by atoms with van der Waals surface area (Å²) in [6.45, 7) is 3.31. The molecule has 0 saturated carbocycles. The lowest BCUT2D eigenvalue weighted by molar-refractivity contribution is -0.132. The summed E-state index contributed by atoms with van der Waals surface area (Å²) in [5.41, 5.74) is 0.612. The highest BCUT2D eigenvalue weighted by Gasteiger charge is 2.19. The molecule has 1 aliphatic heterocycles. The number of carbonyl (C=O) groups is 2. The summed E-state index contributed by atoms with van der Waals surface area (Å²) in [5, 5.41) is 0.607. The van der Waals surface area contributed by atoms with Crippen LogP contribution >= 0.6 is 11.6 Å². The molecule has 0 aliphatic carbocycles.